The molecule has 0 aliphatic carbocycles. The van der Waals surface area contributed by atoms with Crippen molar-refractivity contribution in [2.75, 3.05) is 6.54 Å². The Morgan fingerprint density at radius 1 is 1.40 bits per heavy atom. The molecule has 1 aliphatic heterocycles. The number of piperidine rings is 1. The van der Waals surface area contributed by atoms with Crippen LogP contribution in [0.4, 0.5) is 0 Å². The van der Waals surface area contributed by atoms with Gasteiger partial charge in [-0.25, -0.2) is 4.98 Å². The number of hydrogen-bond acceptors (Lipinski definition) is 4. The number of aromatic nitrogens is 1. The topological polar surface area (TPSA) is 43.4 Å². The average molecular weight is 278 g/mol. The molecule has 2 rings (SSSR count). The van der Waals surface area contributed by atoms with Crippen LogP contribution < -0.4 is 14.8 Å². The lowest BCUT2D eigenvalue weighted by Crippen LogP contribution is -2.47. The summed E-state index contributed by atoms with van der Waals surface area (Å²) in [5.41, 5.74) is 0. The second-order valence-corrected chi connectivity index (χ2v) is 5.87. The van der Waals surface area contributed by atoms with E-state index < -0.39 is 0 Å². The minimum Gasteiger partial charge on any atom is -0.489 e. The van der Waals surface area contributed by atoms with Crippen molar-refractivity contribution in [3.05, 3.63) is 18.3 Å². The molecular weight excluding hydrogens is 252 g/mol. The van der Waals surface area contributed by atoms with E-state index in [1.807, 2.05) is 26.0 Å². The van der Waals surface area contributed by atoms with Crippen LogP contribution in [0.1, 0.15) is 40.5 Å². The second kappa shape index (κ2) is 6.93. The predicted molar refractivity (Wildman–Crippen MR) is 80.3 cm³/mol. The Morgan fingerprint density at radius 2 is 2.20 bits per heavy atom. The van der Waals surface area contributed by atoms with Crippen LogP contribution in [0.15, 0.2) is 18.3 Å². The Bertz CT molecular complexity index is 405. The molecule has 1 N–H and O–H groups in total. The minimum atomic E-state index is 0.165. The quantitative estimate of drug-likeness (QED) is 0.899. The highest BCUT2D eigenvalue weighted by Crippen LogP contribution is 2.24. The summed E-state index contributed by atoms with van der Waals surface area (Å²) in [4.78, 5) is 4.35. The van der Waals surface area contributed by atoms with Crippen molar-refractivity contribution in [1.82, 2.24) is 10.3 Å². The first-order valence-electron chi connectivity index (χ1n) is 7.61. The fraction of sp³-hybridized carbons (Fsp3) is 0.688. The summed E-state index contributed by atoms with van der Waals surface area (Å²) in [6.07, 6.45) is 4.31. The molecule has 20 heavy (non-hydrogen) atoms. The van der Waals surface area contributed by atoms with Crippen LogP contribution in [0, 0.1) is 5.92 Å². The van der Waals surface area contributed by atoms with Gasteiger partial charge >= 0.3 is 0 Å². The zero-order valence-electron chi connectivity index (χ0n) is 12.9. The lowest BCUT2D eigenvalue weighted by molar-refractivity contribution is 0.0791. The van der Waals surface area contributed by atoms with Crippen LogP contribution in [0.5, 0.6) is 11.6 Å². The van der Waals surface area contributed by atoms with Gasteiger partial charge in [0.25, 0.3) is 0 Å². The van der Waals surface area contributed by atoms with E-state index in [1.54, 1.807) is 6.20 Å². The Morgan fingerprint density at radius 3 is 2.80 bits per heavy atom. The van der Waals surface area contributed by atoms with E-state index in [0.717, 1.165) is 25.1 Å². The van der Waals surface area contributed by atoms with Gasteiger partial charge in [0.05, 0.1) is 12.3 Å². The maximum Gasteiger partial charge on any atom is 0.213 e. The summed E-state index contributed by atoms with van der Waals surface area (Å²) in [5, 5.41) is 3.51. The zero-order chi connectivity index (χ0) is 14.5. The highest BCUT2D eigenvalue weighted by atomic mass is 16.5. The van der Waals surface area contributed by atoms with Crippen LogP contribution in [-0.2, 0) is 0 Å². The van der Waals surface area contributed by atoms with Crippen molar-refractivity contribution < 1.29 is 9.47 Å². The molecule has 3 atom stereocenters. The van der Waals surface area contributed by atoms with Crippen molar-refractivity contribution in [2.45, 2.75) is 58.8 Å². The maximum atomic E-state index is 6.08. The van der Waals surface area contributed by atoms with Gasteiger partial charge in [0.2, 0.25) is 5.88 Å². The van der Waals surface area contributed by atoms with E-state index in [1.165, 1.54) is 0 Å². The molecule has 1 aromatic rings. The summed E-state index contributed by atoms with van der Waals surface area (Å²) in [7, 11) is 0. The summed E-state index contributed by atoms with van der Waals surface area (Å²) >= 11 is 0. The van der Waals surface area contributed by atoms with Crippen LogP contribution in [0.3, 0.4) is 0 Å². The van der Waals surface area contributed by atoms with E-state index in [4.69, 9.17) is 9.47 Å². The number of nitrogens with zero attached hydrogens (tertiary/aromatic N) is 1. The van der Waals surface area contributed by atoms with Crippen molar-refractivity contribution in [2.24, 2.45) is 5.92 Å². The Labute approximate surface area is 121 Å². The van der Waals surface area contributed by atoms with Crippen molar-refractivity contribution in [1.29, 1.82) is 0 Å². The highest BCUT2D eigenvalue weighted by Gasteiger charge is 2.28. The number of nitrogens with one attached hydrogen (secondary N) is 1. The van der Waals surface area contributed by atoms with Crippen molar-refractivity contribution in [3.8, 4) is 11.6 Å². The van der Waals surface area contributed by atoms with E-state index >= 15 is 0 Å². The second-order valence-electron chi connectivity index (χ2n) is 5.87. The molecule has 1 aromatic heterocycles. The van der Waals surface area contributed by atoms with E-state index in [2.05, 4.69) is 24.1 Å². The van der Waals surface area contributed by atoms with Crippen LogP contribution in [0.2, 0.25) is 0 Å². The number of ether oxygens (including phenoxy) is 2. The number of rotatable bonds is 5. The Kier molecular flexibility index (Phi) is 5.24. The summed E-state index contributed by atoms with van der Waals surface area (Å²) in [6.45, 7) is 9.46. The van der Waals surface area contributed by atoms with Crippen LogP contribution >= 0.6 is 0 Å². The molecule has 1 saturated heterocycles. The van der Waals surface area contributed by atoms with E-state index in [-0.39, 0.29) is 12.2 Å². The van der Waals surface area contributed by atoms with Gasteiger partial charge in [0.1, 0.15) is 11.9 Å². The smallest absolute Gasteiger partial charge is 0.213 e. The third kappa shape index (κ3) is 4.10. The van der Waals surface area contributed by atoms with Crippen molar-refractivity contribution >= 4 is 0 Å². The molecule has 1 aliphatic rings. The van der Waals surface area contributed by atoms with Crippen molar-refractivity contribution in [3.63, 3.8) is 0 Å². The monoisotopic (exact) mass is 278 g/mol. The maximum absolute atomic E-state index is 6.08. The molecule has 112 valence electrons. The Balaban J connectivity index is 1.97. The summed E-state index contributed by atoms with van der Waals surface area (Å²) in [6, 6.07) is 4.33. The van der Waals surface area contributed by atoms with Gasteiger partial charge in [-0.2, -0.15) is 0 Å². The average Bonchev–Trinajstić information content (AvgIpc) is 2.41. The van der Waals surface area contributed by atoms with Crippen LogP contribution in [-0.4, -0.2) is 29.8 Å². The first-order chi connectivity index (χ1) is 9.58. The molecule has 0 bridgehead atoms. The number of pyridine rings is 1. The first-order valence-corrected chi connectivity index (χ1v) is 7.61. The standard InChI is InChI=1S/C16H26N2O2/c1-5-13-9-17-12(4)8-15(13)20-16-7-6-14(10-18-16)19-11(2)3/h6-7,10-13,15,17H,5,8-9H2,1-4H3/t12-,13-,15-/m1/s1. The molecule has 4 heteroatoms. The molecule has 0 unspecified atom stereocenters. The number of hydrogen-bond donors (Lipinski definition) is 1. The molecule has 0 amide bonds. The normalized spacial score (nSPS) is 26.6. The van der Waals surface area contributed by atoms with E-state index in [9.17, 15) is 0 Å². The van der Waals surface area contributed by atoms with Gasteiger partial charge in [0.15, 0.2) is 0 Å². The lowest BCUT2D eigenvalue weighted by atomic mass is 9.90. The van der Waals surface area contributed by atoms with Gasteiger partial charge < -0.3 is 14.8 Å². The fourth-order valence-corrected chi connectivity index (χ4v) is 2.59. The van der Waals surface area contributed by atoms with Gasteiger partial charge in [-0.15, -0.1) is 0 Å². The van der Waals surface area contributed by atoms with Gasteiger partial charge in [-0.3, -0.25) is 0 Å². The van der Waals surface area contributed by atoms with Gasteiger partial charge in [-0.05, 0) is 39.7 Å². The summed E-state index contributed by atoms with van der Waals surface area (Å²) in [5.74, 6) is 2.04. The molecule has 2 heterocycles. The van der Waals surface area contributed by atoms with Gasteiger partial charge in [-0.1, -0.05) is 6.92 Å². The zero-order valence-corrected chi connectivity index (χ0v) is 12.9. The minimum absolute atomic E-state index is 0.165. The largest absolute Gasteiger partial charge is 0.489 e. The summed E-state index contributed by atoms with van der Waals surface area (Å²) < 4.78 is 11.7. The first kappa shape index (κ1) is 15.1. The fourth-order valence-electron chi connectivity index (χ4n) is 2.59. The third-order valence-corrected chi connectivity index (χ3v) is 3.72. The third-order valence-electron chi connectivity index (χ3n) is 3.72. The molecule has 0 spiro atoms. The van der Waals surface area contributed by atoms with E-state index in [0.29, 0.717) is 17.8 Å². The predicted octanol–water partition coefficient (Wildman–Crippen LogP) is 3.02. The molecule has 4 nitrogen and oxygen atoms in total. The van der Waals surface area contributed by atoms with Crippen LogP contribution in [0.25, 0.3) is 0 Å². The molecular formula is C16H26N2O2. The lowest BCUT2D eigenvalue weighted by Gasteiger charge is -2.35. The van der Waals surface area contributed by atoms with Gasteiger partial charge in [0, 0.05) is 24.6 Å². The molecule has 0 radical (unpaired) electrons. The molecule has 0 aromatic carbocycles. The Hall–Kier alpha value is -1.29. The molecule has 1 fully saturated rings. The SMILES string of the molecule is CC[C@@H]1CN[C@H](C)C[C@H]1Oc1ccc(OC(C)C)cn1. The highest BCUT2D eigenvalue weighted by molar-refractivity contribution is 5.23. The molecule has 0 saturated carbocycles.